The summed E-state index contributed by atoms with van der Waals surface area (Å²) in [5, 5.41) is 8.86. The summed E-state index contributed by atoms with van der Waals surface area (Å²) in [6.07, 6.45) is 6.12. The normalized spacial score (nSPS) is 9.75. The molecular formula is C14H19NO. The summed E-state index contributed by atoms with van der Waals surface area (Å²) in [5.74, 6) is 0.709. The molecule has 0 heterocycles. The minimum absolute atomic E-state index is 0.621. The predicted octanol–water partition coefficient (Wildman–Crippen LogP) is 3.91. The van der Waals surface area contributed by atoms with E-state index < -0.39 is 0 Å². The first kappa shape index (κ1) is 12.6. The molecule has 0 radical (unpaired) electrons. The Morgan fingerprint density at radius 3 is 2.62 bits per heavy atom. The molecular weight excluding hydrogens is 198 g/mol. The van der Waals surface area contributed by atoms with Gasteiger partial charge >= 0.3 is 0 Å². The molecule has 0 N–H and O–H groups in total. The van der Waals surface area contributed by atoms with Crippen LogP contribution in [0.3, 0.4) is 0 Å². The number of unbranched alkanes of at least 4 members (excludes halogenated alkanes) is 4. The first-order chi connectivity index (χ1) is 7.88. The monoisotopic (exact) mass is 217 g/mol. The number of benzene rings is 1. The zero-order chi connectivity index (χ0) is 11.6. The third-order valence-electron chi connectivity index (χ3n) is 2.51. The Hall–Kier alpha value is -1.49. The van der Waals surface area contributed by atoms with Crippen molar-refractivity contribution in [1.82, 2.24) is 0 Å². The number of nitriles is 1. The average Bonchev–Trinajstić information content (AvgIpc) is 2.34. The van der Waals surface area contributed by atoms with Crippen molar-refractivity contribution >= 4 is 0 Å². The van der Waals surface area contributed by atoms with Gasteiger partial charge in [0.15, 0.2) is 0 Å². The van der Waals surface area contributed by atoms with E-state index in [1.54, 1.807) is 6.07 Å². The van der Waals surface area contributed by atoms with E-state index in [4.69, 9.17) is 10.00 Å². The van der Waals surface area contributed by atoms with Crippen LogP contribution < -0.4 is 4.74 Å². The highest BCUT2D eigenvalue weighted by atomic mass is 16.5. The number of hydrogen-bond acceptors (Lipinski definition) is 2. The van der Waals surface area contributed by atoms with Crippen molar-refractivity contribution in [2.45, 2.75) is 39.0 Å². The number of hydrogen-bond donors (Lipinski definition) is 0. The fourth-order valence-corrected chi connectivity index (χ4v) is 1.57. The quantitative estimate of drug-likeness (QED) is 0.649. The lowest BCUT2D eigenvalue weighted by atomic mass is 10.2. The summed E-state index contributed by atoms with van der Waals surface area (Å²) < 4.78 is 5.59. The highest BCUT2D eigenvalue weighted by Crippen LogP contribution is 2.17. The van der Waals surface area contributed by atoms with Crippen molar-refractivity contribution in [3.63, 3.8) is 0 Å². The molecule has 16 heavy (non-hydrogen) atoms. The van der Waals surface area contributed by atoms with Crippen molar-refractivity contribution in [2.24, 2.45) is 0 Å². The van der Waals surface area contributed by atoms with Gasteiger partial charge in [0, 0.05) is 0 Å². The second kappa shape index (κ2) is 7.76. The van der Waals surface area contributed by atoms with Gasteiger partial charge in [-0.1, -0.05) is 44.7 Å². The molecule has 0 atom stereocenters. The molecule has 0 aliphatic rings. The molecule has 1 aromatic rings. The van der Waals surface area contributed by atoms with Crippen LogP contribution in [0.4, 0.5) is 0 Å². The molecule has 0 saturated heterocycles. The molecule has 0 bridgehead atoms. The molecule has 2 nitrogen and oxygen atoms in total. The number of rotatable bonds is 7. The van der Waals surface area contributed by atoms with Crippen molar-refractivity contribution in [3.05, 3.63) is 29.8 Å². The van der Waals surface area contributed by atoms with Gasteiger partial charge < -0.3 is 4.74 Å². The Balaban J connectivity index is 2.24. The van der Waals surface area contributed by atoms with E-state index in [0.29, 0.717) is 17.9 Å². The van der Waals surface area contributed by atoms with Crippen molar-refractivity contribution < 1.29 is 4.74 Å². The SMILES string of the molecule is CCCCCCCOc1ccccc1C#N. The first-order valence-corrected chi connectivity index (χ1v) is 6.00. The molecule has 0 unspecified atom stereocenters. The minimum atomic E-state index is 0.621. The number of ether oxygens (including phenoxy) is 1. The highest BCUT2D eigenvalue weighted by molar-refractivity contribution is 5.42. The summed E-state index contributed by atoms with van der Waals surface area (Å²) >= 11 is 0. The van der Waals surface area contributed by atoms with Crippen LogP contribution in [0.2, 0.25) is 0 Å². The molecule has 0 saturated carbocycles. The molecule has 0 fully saturated rings. The zero-order valence-electron chi connectivity index (χ0n) is 9.91. The van der Waals surface area contributed by atoms with Gasteiger partial charge in [0.25, 0.3) is 0 Å². The number of nitrogens with zero attached hydrogens (tertiary/aromatic N) is 1. The van der Waals surface area contributed by atoms with Crippen molar-refractivity contribution in [2.75, 3.05) is 6.61 Å². The minimum Gasteiger partial charge on any atom is -0.492 e. The van der Waals surface area contributed by atoms with Gasteiger partial charge in [-0.25, -0.2) is 0 Å². The molecule has 0 aliphatic carbocycles. The van der Waals surface area contributed by atoms with Crippen LogP contribution in [-0.4, -0.2) is 6.61 Å². The van der Waals surface area contributed by atoms with Gasteiger partial charge in [-0.2, -0.15) is 5.26 Å². The zero-order valence-corrected chi connectivity index (χ0v) is 9.91. The van der Waals surface area contributed by atoms with E-state index in [-0.39, 0.29) is 0 Å². The first-order valence-electron chi connectivity index (χ1n) is 6.00. The molecule has 0 aromatic heterocycles. The standard InChI is InChI=1S/C14H19NO/c1-2-3-4-5-8-11-16-14-10-7-6-9-13(14)12-15/h6-7,9-10H,2-5,8,11H2,1H3. The van der Waals surface area contributed by atoms with Crippen LogP contribution in [0.5, 0.6) is 5.75 Å². The third-order valence-corrected chi connectivity index (χ3v) is 2.51. The second-order valence-electron chi connectivity index (χ2n) is 3.87. The lowest BCUT2D eigenvalue weighted by Crippen LogP contribution is -1.98. The molecule has 86 valence electrons. The third kappa shape index (κ3) is 4.35. The molecule has 1 rings (SSSR count). The fraction of sp³-hybridized carbons (Fsp3) is 0.500. The maximum absolute atomic E-state index is 8.86. The maximum atomic E-state index is 8.86. The molecule has 1 aromatic carbocycles. The summed E-state index contributed by atoms with van der Waals surface area (Å²) in [4.78, 5) is 0. The van der Waals surface area contributed by atoms with E-state index in [1.807, 2.05) is 18.2 Å². The van der Waals surface area contributed by atoms with E-state index in [9.17, 15) is 0 Å². The Morgan fingerprint density at radius 2 is 1.88 bits per heavy atom. The summed E-state index contributed by atoms with van der Waals surface area (Å²) in [6.45, 7) is 2.92. The summed E-state index contributed by atoms with van der Waals surface area (Å²) in [7, 11) is 0. The second-order valence-corrected chi connectivity index (χ2v) is 3.87. The van der Waals surface area contributed by atoms with Crippen LogP contribution in [0.15, 0.2) is 24.3 Å². The highest BCUT2D eigenvalue weighted by Gasteiger charge is 2.00. The number of para-hydroxylation sites is 1. The van der Waals surface area contributed by atoms with Crippen molar-refractivity contribution in [3.8, 4) is 11.8 Å². The van der Waals surface area contributed by atoms with Gasteiger partial charge in [-0.3, -0.25) is 0 Å². The fourth-order valence-electron chi connectivity index (χ4n) is 1.57. The smallest absolute Gasteiger partial charge is 0.137 e. The lowest BCUT2D eigenvalue weighted by Gasteiger charge is -2.07. The topological polar surface area (TPSA) is 33.0 Å². The van der Waals surface area contributed by atoms with E-state index >= 15 is 0 Å². The van der Waals surface area contributed by atoms with Crippen LogP contribution in [0.1, 0.15) is 44.6 Å². The lowest BCUT2D eigenvalue weighted by molar-refractivity contribution is 0.304. The van der Waals surface area contributed by atoms with Crippen LogP contribution in [0, 0.1) is 11.3 Å². The van der Waals surface area contributed by atoms with E-state index in [2.05, 4.69) is 13.0 Å². The Labute approximate surface area is 97.9 Å². The Kier molecular flexibility index (Phi) is 6.10. The van der Waals surface area contributed by atoms with Crippen LogP contribution in [0.25, 0.3) is 0 Å². The van der Waals surface area contributed by atoms with E-state index in [0.717, 1.165) is 6.42 Å². The van der Waals surface area contributed by atoms with Crippen LogP contribution >= 0.6 is 0 Å². The molecule has 0 amide bonds. The molecule has 0 aliphatic heterocycles. The summed E-state index contributed by atoms with van der Waals surface area (Å²) in [6, 6.07) is 9.52. The van der Waals surface area contributed by atoms with Crippen molar-refractivity contribution in [1.29, 1.82) is 5.26 Å². The molecule has 2 heteroatoms. The largest absolute Gasteiger partial charge is 0.492 e. The predicted molar refractivity (Wildman–Crippen MR) is 65.4 cm³/mol. The van der Waals surface area contributed by atoms with E-state index in [1.165, 1.54) is 25.7 Å². The summed E-state index contributed by atoms with van der Waals surface area (Å²) in [5.41, 5.74) is 0.621. The van der Waals surface area contributed by atoms with Gasteiger partial charge in [0.2, 0.25) is 0 Å². The van der Waals surface area contributed by atoms with Gasteiger partial charge in [0.05, 0.1) is 12.2 Å². The van der Waals surface area contributed by atoms with Crippen LogP contribution in [-0.2, 0) is 0 Å². The maximum Gasteiger partial charge on any atom is 0.137 e. The Bertz CT molecular complexity index is 341. The average molecular weight is 217 g/mol. The van der Waals surface area contributed by atoms with Gasteiger partial charge in [-0.15, -0.1) is 0 Å². The Morgan fingerprint density at radius 1 is 1.12 bits per heavy atom. The van der Waals surface area contributed by atoms with Gasteiger partial charge in [-0.05, 0) is 18.6 Å². The molecule has 0 spiro atoms. The van der Waals surface area contributed by atoms with Gasteiger partial charge in [0.1, 0.15) is 11.8 Å².